The van der Waals surface area contributed by atoms with E-state index in [1.54, 1.807) is 6.33 Å². The van der Waals surface area contributed by atoms with Crippen LogP contribution in [0, 0.1) is 5.92 Å². The first-order valence-corrected chi connectivity index (χ1v) is 4.43. The smallest absolute Gasteiger partial charge is 0.137 e. The first kappa shape index (κ1) is 7.73. The summed E-state index contributed by atoms with van der Waals surface area (Å²) in [6, 6.07) is 0.536. The molecule has 0 spiro atoms. The van der Waals surface area contributed by atoms with Gasteiger partial charge in [0.1, 0.15) is 12.7 Å². The Bertz CT molecular complexity index is 231. The number of hydrogen-bond donors (Lipinski definition) is 1. The Labute approximate surface area is 72.0 Å². The number of nitrogens with one attached hydrogen (secondary N) is 1. The molecule has 1 aliphatic heterocycles. The SMILES string of the molecule is CC1CNCCC1n1cncn1. The lowest BCUT2D eigenvalue weighted by Gasteiger charge is -2.29. The van der Waals surface area contributed by atoms with Crippen LogP contribution in [0.1, 0.15) is 19.4 Å². The van der Waals surface area contributed by atoms with E-state index in [-0.39, 0.29) is 0 Å². The van der Waals surface area contributed by atoms with Gasteiger partial charge in [0.25, 0.3) is 0 Å². The highest BCUT2D eigenvalue weighted by Crippen LogP contribution is 2.22. The summed E-state index contributed by atoms with van der Waals surface area (Å²) in [5, 5.41) is 7.53. The molecule has 1 aromatic rings. The van der Waals surface area contributed by atoms with Crippen molar-refractivity contribution in [2.24, 2.45) is 5.92 Å². The third-order valence-corrected chi connectivity index (χ3v) is 2.52. The van der Waals surface area contributed by atoms with E-state index in [0.717, 1.165) is 19.5 Å². The molecule has 2 unspecified atom stereocenters. The minimum Gasteiger partial charge on any atom is -0.316 e. The Morgan fingerprint density at radius 2 is 2.50 bits per heavy atom. The molecule has 1 aromatic heterocycles. The zero-order valence-corrected chi connectivity index (χ0v) is 7.27. The summed E-state index contributed by atoms with van der Waals surface area (Å²) in [6.45, 7) is 4.43. The summed E-state index contributed by atoms with van der Waals surface area (Å²) in [7, 11) is 0. The van der Waals surface area contributed by atoms with Crippen LogP contribution >= 0.6 is 0 Å². The minimum atomic E-state index is 0.536. The van der Waals surface area contributed by atoms with Crippen LogP contribution in [0.3, 0.4) is 0 Å². The van der Waals surface area contributed by atoms with Crippen molar-refractivity contribution >= 4 is 0 Å². The van der Waals surface area contributed by atoms with Gasteiger partial charge in [0.2, 0.25) is 0 Å². The first-order chi connectivity index (χ1) is 5.88. The van der Waals surface area contributed by atoms with E-state index >= 15 is 0 Å². The lowest BCUT2D eigenvalue weighted by Crippen LogP contribution is -2.36. The molecule has 1 saturated heterocycles. The highest BCUT2D eigenvalue weighted by molar-refractivity contribution is 4.79. The molecule has 0 aromatic carbocycles. The normalized spacial score (nSPS) is 30.4. The lowest BCUT2D eigenvalue weighted by atomic mass is 9.96. The molecule has 4 nitrogen and oxygen atoms in total. The van der Waals surface area contributed by atoms with Crippen molar-refractivity contribution in [2.75, 3.05) is 13.1 Å². The van der Waals surface area contributed by atoms with Gasteiger partial charge in [0.05, 0.1) is 6.04 Å². The molecule has 0 bridgehead atoms. The number of piperidine rings is 1. The lowest BCUT2D eigenvalue weighted by molar-refractivity contribution is 0.255. The molecule has 12 heavy (non-hydrogen) atoms. The minimum absolute atomic E-state index is 0.536. The highest BCUT2D eigenvalue weighted by Gasteiger charge is 2.22. The van der Waals surface area contributed by atoms with E-state index in [9.17, 15) is 0 Å². The quantitative estimate of drug-likeness (QED) is 0.658. The van der Waals surface area contributed by atoms with Gasteiger partial charge in [0, 0.05) is 0 Å². The molecule has 0 radical (unpaired) electrons. The molecule has 1 aliphatic rings. The van der Waals surface area contributed by atoms with Crippen molar-refractivity contribution in [2.45, 2.75) is 19.4 Å². The van der Waals surface area contributed by atoms with Gasteiger partial charge >= 0.3 is 0 Å². The van der Waals surface area contributed by atoms with E-state index in [4.69, 9.17) is 0 Å². The second-order valence-electron chi connectivity index (χ2n) is 3.41. The van der Waals surface area contributed by atoms with Crippen molar-refractivity contribution in [3.8, 4) is 0 Å². The molecular weight excluding hydrogens is 152 g/mol. The summed E-state index contributed by atoms with van der Waals surface area (Å²) in [4.78, 5) is 3.96. The maximum absolute atomic E-state index is 4.17. The molecule has 1 fully saturated rings. The maximum Gasteiger partial charge on any atom is 0.137 e. The van der Waals surface area contributed by atoms with Crippen LogP contribution in [0.25, 0.3) is 0 Å². The van der Waals surface area contributed by atoms with Gasteiger partial charge in [-0.2, -0.15) is 5.10 Å². The summed E-state index contributed by atoms with van der Waals surface area (Å²) in [5.74, 6) is 0.653. The van der Waals surface area contributed by atoms with E-state index in [2.05, 4.69) is 22.3 Å². The standard InChI is InChI=1S/C8H14N4/c1-7-4-9-3-2-8(7)12-6-10-5-11-12/h5-9H,2-4H2,1H3. The Balaban J connectivity index is 2.11. The fraction of sp³-hybridized carbons (Fsp3) is 0.750. The third kappa shape index (κ3) is 1.34. The van der Waals surface area contributed by atoms with Crippen molar-refractivity contribution in [1.82, 2.24) is 20.1 Å². The van der Waals surface area contributed by atoms with Gasteiger partial charge in [-0.05, 0) is 25.4 Å². The van der Waals surface area contributed by atoms with Gasteiger partial charge < -0.3 is 5.32 Å². The molecule has 2 atom stereocenters. The van der Waals surface area contributed by atoms with Gasteiger partial charge in [-0.15, -0.1) is 0 Å². The molecule has 0 amide bonds. The van der Waals surface area contributed by atoms with Gasteiger partial charge in [-0.3, -0.25) is 0 Å². The van der Waals surface area contributed by atoms with E-state index < -0.39 is 0 Å². The van der Waals surface area contributed by atoms with Gasteiger partial charge in [-0.25, -0.2) is 9.67 Å². The molecule has 1 N–H and O–H groups in total. The molecule has 0 aliphatic carbocycles. The van der Waals surface area contributed by atoms with Gasteiger partial charge in [-0.1, -0.05) is 6.92 Å². The summed E-state index contributed by atoms with van der Waals surface area (Å²) in [6.07, 6.45) is 4.58. The number of aromatic nitrogens is 3. The molecular formula is C8H14N4. The van der Waals surface area contributed by atoms with Crippen LogP contribution in [0.2, 0.25) is 0 Å². The van der Waals surface area contributed by atoms with E-state index in [1.165, 1.54) is 0 Å². The summed E-state index contributed by atoms with van der Waals surface area (Å²) >= 11 is 0. The van der Waals surface area contributed by atoms with Crippen LogP contribution in [-0.4, -0.2) is 27.9 Å². The Morgan fingerprint density at radius 3 is 3.17 bits per heavy atom. The number of rotatable bonds is 1. The van der Waals surface area contributed by atoms with Crippen molar-refractivity contribution in [1.29, 1.82) is 0 Å². The molecule has 2 heterocycles. The highest BCUT2D eigenvalue weighted by atomic mass is 15.3. The Hall–Kier alpha value is -0.900. The van der Waals surface area contributed by atoms with E-state index in [1.807, 2.05) is 11.0 Å². The Morgan fingerprint density at radius 1 is 1.58 bits per heavy atom. The van der Waals surface area contributed by atoms with Crippen molar-refractivity contribution in [3.05, 3.63) is 12.7 Å². The zero-order valence-electron chi connectivity index (χ0n) is 7.27. The fourth-order valence-corrected chi connectivity index (χ4v) is 1.78. The summed E-state index contributed by atoms with van der Waals surface area (Å²) < 4.78 is 1.98. The molecule has 4 heteroatoms. The fourth-order valence-electron chi connectivity index (χ4n) is 1.78. The topological polar surface area (TPSA) is 42.7 Å². The Kier molecular flexibility index (Phi) is 2.08. The van der Waals surface area contributed by atoms with Crippen molar-refractivity contribution < 1.29 is 0 Å². The summed E-state index contributed by atoms with van der Waals surface area (Å²) in [5.41, 5.74) is 0. The van der Waals surface area contributed by atoms with Crippen LogP contribution in [0.4, 0.5) is 0 Å². The van der Waals surface area contributed by atoms with Crippen LogP contribution in [0.5, 0.6) is 0 Å². The predicted molar refractivity (Wildman–Crippen MR) is 45.7 cm³/mol. The van der Waals surface area contributed by atoms with Crippen LogP contribution in [-0.2, 0) is 0 Å². The van der Waals surface area contributed by atoms with Crippen molar-refractivity contribution in [3.63, 3.8) is 0 Å². The maximum atomic E-state index is 4.17. The largest absolute Gasteiger partial charge is 0.316 e. The molecule has 0 saturated carbocycles. The average molecular weight is 166 g/mol. The van der Waals surface area contributed by atoms with Gasteiger partial charge in [0.15, 0.2) is 0 Å². The van der Waals surface area contributed by atoms with Crippen LogP contribution in [0.15, 0.2) is 12.7 Å². The first-order valence-electron chi connectivity index (χ1n) is 4.43. The third-order valence-electron chi connectivity index (χ3n) is 2.52. The molecule has 2 rings (SSSR count). The zero-order chi connectivity index (χ0) is 8.39. The van der Waals surface area contributed by atoms with E-state index in [0.29, 0.717) is 12.0 Å². The number of hydrogen-bond acceptors (Lipinski definition) is 3. The van der Waals surface area contributed by atoms with Crippen LogP contribution < -0.4 is 5.32 Å². The second-order valence-corrected chi connectivity index (χ2v) is 3.41. The average Bonchev–Trinajstić information content (AvgIpc) is 2.57. The predicted octanol–water partition coefficient (Wildman–Crippen LogP) is 0.449. The number of nitrogens with zero attached hydrogens (tertiary/aromatic N) is 3. The molecule has 66 valence electrons. The second kappa shape index (κ2) is 3.23. The monoisotopic (exact) mass is 166 g/mol.